The van der Waals surface area contributed by atoms with Gasteiger partial charge in [-0.05, 0) is 94.2 Å². The lowest BCUT2D eigenvalue weighted by Gasteiger charge is -2.31. The molecule has 7 heteroatoms. The molecule has 164 valence electrons. The largest absolute Gasteiger partial charge is 0.481 e. The fourth-order valence-electron chi connectivity index (χ4n) is 3.79. The minimum atomic E-state index is -0.594. The molecule has 3 nitrogen and oxygen atoms in total. The molecular formula is C26H16Br2Cl2N2O. The lowest BCUT2D eigenvalue weighted by atomic mass is 9.94. The van der Waals surface area contributed by atoms with Gasteiger partial charge in [-0.25, -0.2) is 4.98 Å². The highest BCUT2D eigenvalue weighted by Gasteiger charge is 2.36. The van der Waals surface area contributed by atoms with Crippen LogP contribution < -0.4 is 4.74 Å². The van der Waals surface area contributed by atoms with Crippen LogP contribution in [0.25, 0.3) is 22.6 Å². The van der Waals surface area contributed by atoms with Crippen LogP contribution in [0.15, 0.2) is 63.5 Å². The first-order valence-electron chi connectivity index (χ1n) is 10.1. The van der Waals surface area contributed by atoms with Gasteiger partial charge in [0.15, 0.2) is 0 Å². The number of benzene rings is 3. The van der Waals surface area contributed by atoms with Gasteiger partial charge in [0.05, 0.1) is 16.4 Å². The molecule has 1 aliphatic heterocycles. The normalized spacial score (nSPS) is 13.4. The van der Waals surface area contributed by atoms with Crippen molar-refractivity contribution in [3.8, 4) is 40.2 Å². The van der Waals surface area contributed by atoms with Crippen molar-refractivity contribution in [1.29, 1.82) is 0 Å². The number of rotatable bonds is 1. The first-order chi connectivity index (χ1) is 15.7. The summed E-state index contributed by atoms with van der Waals surface area (Å²) in [6.45, 7) is 4.05. The van der Waals surface area contributed by atoms with Crippen LogP contribution in [0.3, 0.4) is 0 Å². The van der Waals surface area contributed by atoms with Gasteiger partial charge < -0.3 is 9.72 Å². The van der Waals surface area contributed by atoms with Crippen LogP contribution in [0.5, 0.6) is 5.75 Å². The van der Waals surface area contributed by atoms with E-state index < -0.39 is 5.60 Å². The molecule has 0 saturated carbocycles. The lowest BCUT2D eigenvalue weighted by Crippen LogP contribution is -2.29. The second-order valence-electron chi connectivity index (χ2n) is 8.10. The Labute approximate surface area is 218 Å². The predicted molar refractivity (Wildman–Crippen MR) is 141 cm³/mol. The molecule has 1 aliphatic rings. The quantitative estimate of drug-likeness (QED) is 0.222. The number of aromatic amines is 1. The molecule has 4 aromatic rings. The van der Waals surface area contributed by atoms with Crippen LogP contribution >= 0.6 is 55.1 Å². The number of nitrogens with zero attached hydrogens (tertiary/aromatic N) is 1. The molecule has 0 aliphatic carbocycles. The molecule has 0 atom stereocenters. The minimum absolute atomic E-state index is 0.564. The van der Waals surface area contributed by atoms with E-state index in [4.69, 9.17) is 32.9 Å². The number of nitrogens with one attached hydrogen (secondary N) is 1. The fourth-order valence-corrected chi connectivity index (χ4v) is 5.50. The molecule has 1 aromatic heterocycles. The van der Waals surface area contributed by atoms with Crippen molar-refractivity contribution in [2.24, 2.45) is 0 Å². The predicted octanol–water partition coefficient (Wildman–Crippen LogP) is 8.60. The van der Waals surface area contributed by atoms with Crippen molar-refractivity contribution >= 4 is 55.1 Å². The summed E-state index contributed by atoms with van der Waals surface area (Å²) in [7, 11) is 0. The Kier molecular flexibility index (Phi) is 5.83. The van der Waals surface area contributed by atoms with Crippen molar-refractivity contribution in [2.75, 3.05) is 0 Å². The maximum Gasteiger partial charge on any atom is 0.145 e. The van der Waals surface area contributed by atoms with Gasteiger partial charge in [0.25, 0.3) is 0 Å². The molecule has 1 N–H and O–H groups in total. The van der Waals surface area contributed by atoms with E-state index in [1.807, 2.05) is 50.2 Å². The Morgan fingerprint density at radius 1 is 0.970 bits per heavy atom. The summed E-state index contributed by atoms with van der Waals surface area (Å²) in [5, 5.41) is 1.16. The van der Waals surface area contributed by atoms with Crippen molar-refractivity contribution in [3.05, 3.63) is 90.4 Å². The zero-order chi connectivity index (χ0) is 23.3. The summed E-state index contributed by atoms with van der Waals surface area (Å²) >= 11 is 19.6. The third kappa shape index (κ3) is 4.22. The molecule has 2 heterocycles. The van der Waals surface area contributed by atoms with Crippen molar-refractivity contribution < 1.29 is 4.74 Å². The molecule has 0 radical (unpaired) electrons. The van der Waals surface area contributed by atoms with Crippen LogP contribution in [0.1, 0.15) is 30.7 Å². The maximum absolute atomic E-state index is 6.38. The highest BCUT2D eigenvalue weighted by molar-refractivity contribution is 9.11. The number of imidazole rings is 1. The van der Waals surface area contributed by atoms with E-state index in [0.717, 1.165) is 48.6 Å². The molecule has 0 spiro atoms. The molecular weight excluding hydrogens is 587 g/mol. The van der Waals surface area contributed by atoms with Gasteiger partial charge in [0, 0.05) is 36.2 Å². The molecule has 3 aromatic carbocycles. The van der Waals surface area contributed by atoms with E-state index in [2.05, 4.69) is 48.7 Å². The smallest absolute Gasteiger partial charge is 0.145 e. The minimum Gasteiger partial charge on any atom is -0.481 e. The van der Waals surface area contributed by atoms with Crippen LogP contribution in [0.2, 0.25) is 10.0 Å². The van der Waals surface area contributed by atoms with Gasteiger partial charge >= 0.3 is 0 Å². The fraction of sp³-hybridized carbons (Fsp3) is 0.115. The monoisotopic (exact) mass is 600 g/mol. The second kappa shape index (κ2) is 8.52. The zero-order valence-electron chi connectivity index (χ0n) is 17.6. The second-order valence-corrected chi connectivity index (χ2v) is 10.7. The van der Waals surface area contributed by atoms with Crippen LogP contribution in [-0.4, -0.2) is 9.97 Å². The summed E-state index contributed by atoms with van der Waals surface area (Å²) in [4.78, 5) is 8.44. The molecule has 0 amide bonds. The summed E-state index contributed by atoms with van der Waals surface area (Å²) in [5.74, 6) is 7.77. The van der Waals surface area contributed by atoms with Crippen molar-refractivity contribution in [3.63, 3.8) is 0 Å². The van der Waals surface area contributed by atoms with E-state index in [1.54, 1.807) is 18.2 Å². The lowest BCUT2D eigenvalue weighted by molar-refractivity contribution is 0.101. The number of hydrogen-bond acceptors (Lipinski definition) is 2. The topological polar surface area (TPSA) is 37.9 Å². The standard InChI is InChI=1S/C26H16Br2Cl2N2O/c1-26(2)24-23(31-25(32-24)22-18(27)4-3-5-19(22)28)17-10-7-14(12-21(17)33-26)6-8-15-13-16(29)9-11-20(15)30/h3-5,7,9-13H,1-2H3,(H,31,32). The van der Waals surface area contributed by atoms with E-state index in [1.165, 1.54) is 0 Å². The van der Waals surface area contributed by atoms with Gasteiger partial charge in [0.2, 0.25) is 0 Å². The number of aromatic nitrogens is 2. The van der Waals surface area contributed by atoms with E-state index in [9.17, 15) is 0 Å². The third-order valence-corrected chi connectivity index (χ3v) is 7.26. The third-order valence-electron chi connectivity index (χ3n) is 5.38. The molecule has 33 heavy (non-hydrogen) atoms. The first-order valence-corrected chi connectivity index (χ1v) is 12.4. The van der Waals surface area contributed by atoms with E-state index in [0.29, 0.717) is 15.6 Å². The van der Waals surface area contributed by atoms with Gasteiger partial charge in [-0.15, -0.1) is 0 Å². The van der Waals surface area contributed by atoms with Crippen molar-refractivity contribution in [1.82, 2.24) is 9.97 Å². The van der Waals surface area contributed by atoms with Gasteiger partial charge in [-0.3, -0.25) is 0 Å². The first kappa shape index (κ1) is 22.6. The average molecular weight is 603 g/mol. The van der Waals surface area contributed by atoms with Crippen LogP contribution in [0, 0.1) is 11.8 Å². The Hall–Kier alpha value is -2.23. The Morgan fingerprint density at radius 2 is 1.73 bits per heavy atom. The van der Waals surface area contributed by atoms with Crippen molar-refractivity contribution in [2.45, 2.75) is 19.4 Å². The maximum atomic E-state index is 6.38. The number of H-pyrrole nitrogens is 1. The number of halogens is 4. The Bertz CT molecular complexity index is 1460. The van der Waals surface area contributed by atoms with E-state index in [-0.39, 0.29) is 0 Å². The van der Waals surface area contributed by atoms with E-state index >= 15 is 0 Å². The van der Waals surface area contributed by atoms with Gasteiger partial charge in [-0.1, -0.05) is 41.1 Å². The van der Waals surface area contributed by atoms with Gasteiger partial charge in [-0.2, -0.15) is 0 Å². The highest BCUT2D eigenvalue weighted by atomic mass is 79.9. The zero-order valence-corrected chi connectivity index (χ0v) is 22.2. The Balaban J connectivity index is 1.58. The van der Waals surface area contributed by atoms with Crippen LogP contribution in [0.4, 0.5) is 0 Å². The molecule has 0 saturated heterocycles. The Morgan fingerprint density at radius 3 is 2.48 bits per heavy atom. The molecule has 5 rings (SSSR count). The number of hydrogen-bond donors (Lipinski definition) is 1. The van der Waals surface area contributed by atoms with Crippen LogP contribution in [-0.2, 0) is 5.60 Å². The number of ether oxygens (including phenoxy) is 1. The van der Waals surface area contributed by atoms with Gasteiger partial charge in [0.1, 0.15) is 17.2 Å². The molecule has 0 unspecified atom stereocenters. The molecule has 0 bridgehead atoms. The SMILES string of the molecule is CC1(C)Oc2cc(C#Cc3cc(Cl)ccc3Cl)ccc2-c2nc(-c3c(Br)cccc3Br)[nH]c21. The highest BCUT2D eigenvalue weighted by Crippen LogP contribution is 2.46. The average Bonchev–Trinajstić information content (AvgIpc) is 3.20. The summed E-state index contributed by atoms with van der Waals surface area (Å²) in [5.41, 5.74) is 4.58. The summed E-state index contributed by atoms with van der Waals surface area (Å²) in [6.07, 6.45) is 0. The molecule has 0 fully saturated rings. The summed E-state index contributed by atoms with van der Waals surface area (Å²) < 4.78 is 8.28. The number of fused-ring (bicyclic) bond motifs is 3. The summed E-state index contributed by atoms with van der Waals surface area (Å²) in [6, 6.07) is 17.1.